The summed E-state index contributed by atoms with van der Waals surface area (Å²) in [6.45, 7) is 3.88. The molecule has 0 unspecified atom stereocenters. The molecule has 0 saturated carbocycles. The van der Waals surface area contributed by atoms with Crippen LogP contribution in [0.4, 0.5) is 0 Å². The maximum atomic E-state index is 8.51. The highest BCUT2D eigenvalue weighted by Crippen LogP contribution is 2.47. The van der Waals surface area contributed by atoms with Crippen LogP contribution in [0.3, 0.4) is 0 Å². The van der Waals surface area contributed by atoms with Crippen LogP contribution in [-0.2, 0) is 0 Å². The average Bonchev–Trinajstić information content (AvgIpc) is 3.28. The number of hydrogen-bond donors (Lipinski definition) is 1. The van der Waals surface area contributed by atoms with Gasteiger partial charge >= 0.3 is 0 Å². The number of rotatable bonds is 9. The number of fused-ring (bicyclic) bond motifs is 1. The lowest BCUT2D eigenvalue weighted by Crippen LogP contribution is -2.33. The molecule has 0 bridgehead atoms. The zero-order chi connectivity index (χ0) is 25.8. The first kappa shape index (κ1) is 19.1. The number of phenolic OH excluding ortho intramolecular Hbond substituents is 1. The molecule has 4 aromatic rings. The van der Waals surface area contributed by atoms with E-state index in [0.29, 0.717) is 28.2 Å². The fourth-order valence-corrected chi connectivity index (χ4v) is 5.27. The van der Waals surface area contributed by atoms with E-state index in [2.05, 4.69) is 10.0 Å². The minimum Gasteiger partial charge on any atom is -0.508 e. The Balaban J connectivity index is 1.41. The summed E-state index contributed by atoms with van der Waals surface area (Å²) in [6, 6.07) is 16.7. The highest BCUT2D eigenvalue weighted by atomic mass is 32.1. The molecule has 1 aromatic heterocycles. The largest absolute Gasteiger partial charge is 0.508 e. The zero-order valence-electron chi connectivity index (χ0n) is 22.1. The Morgan fingerprint density at radius 1 is 0.971 bits per heavy atom. The molecule has 1 N–H and O–H groups in total. The molecule has 0 radical (unpaired) electrons. The molecule has 6 heteroatoms. The van der Waals surface area contributed by atoms with Crippen molar-refractivity contribution >= 4 is 21.4 Å². The topological polar surface area (TPSA) is 51.2 Å². The van der Waals surface area contributed by atoms with Crippen LogP contribution in [0, 0.1) is 0 Å². The summed E-state index contributed by atoms with van der Waals surface area (Å²) < 4.78 is 42.3. The number of thiophene rings is 1. The van der Waals surface area contributed by atoms with Crippen LogP contribution < -0.4 is 14.2 Å². The molecule has 1 aliphatic rings. The van der Waals surface area contributed by atoms with Crippen LogP contribution in [0.2, 0.25) is 0 Å². The third kappa shape index (κ3) is 5.13. The summed E-state index contributed by atoms with van der Waals surface area (Å²) in [4.78, 5) is 3.26. The first-order valence-electron chi connectivity index (χ1n) is 13.0. The predicted molar refractivity (Wildman–Crippen MR) is 138 cm³/mol. The second-order valence-electron chi connectivity index (χ2n) is 8.30. The summed E-state index contributed by atoms with van der Waals surface area (Å²) >= 11 is 1.37. The van der Waals surface area contributed by atoms with Gasteiger partial charge in [-0.05, 0) is 98.2 Å². The first-order chi connectivity index (χ1) is 18.1. The molecule has 3 aromatic carbocycles. The highest BCUT2D eigenvalue weighted by molar-refractivity contribution is 7.22. The number of piperidine rings is 1. The van der Waals surface area contributed by atoms with Gasteiger partial charge < -0.3 is 19.3 Å². The van der Waals surface area contributed by atoms with Crippen LogP contribution in [0.1, 0.15) is 22.0 Å². The molecule has 1 saturated heterocycles. The van der Waals surface area contributed by atoms with E-state index in [9.17, 15) is 0 Å². The minimum absolute atomic E-state index is 0.00423. The lowest BCUT2D eigenvalue weighted by molar-refractivity contribution is 0.183. The highest BCUT2D eigenvalue weighted by Gasteiger charge is 2.17. The first-order valence-corrected chi connectivity index (χ1v) is 12.4. The lowest BCUT2D eigenvalue weighted by Gasteiger charge is -2.26. The van der Waals surface area contributed by atoms with Gasteiger partial charge in [-0.2, -0.15) is 0 Å². The van der Waals surface area contributed by atoms with E-state index in [-0.39, 0.29) is 17.8 Å². The quantitative estimate of drug-likeness (QED) is 0.282. The average molecular weight is 479 g/mol. The molecule has 0 spiro atoms. The second kappa shape index (κ2) is 10.4. The number of nitrogens with zero attached hydrogens (tertiary/aromatic N) is 1. The van der Waals surface area contributed by atoms with Crippen molar-refractivity contribution in [3.63, 3.8) is 0 Å². The van der Waals surface area contributed by atoms with Crippen LogP contribution >= 0.6 is 11.3 Å². The molecule has 2 heterocycles. The summed E-state index contributed by atoms with van der Waals surface area (Å²) in [6.07, 6.45) is 3.86. The van der Waals surface area contributed by atoms with Crippen LogP contribution in [0.25, 0.3) is 20.5 Å². The van der Waals surface area contributed by atoms with E-state index in [1.807, 2.05) is 48.5 Å². The van der Waals surface area contributed by atoms with Crippen molar-refractivity contribution in [1.29, 1.82) is 1.43 Å². The number of benzene rings is 3. The Bertz CT molecular complexity index is 1350. The lowest BCUT2D eigenvalue weighted by atomic mass is 10.1. The number of likely N-dealkylation sites (tertiary alicyclic amines) is 1. The van der Waals surface area contributed by atoms with Gasteiger partial charge in [0.2, 0.25) is 0 Å². The molecule has 176 valence electrons. The van der Waals surface area contributed by atoms with E-state index in [1.165, 1.54) is 30.6 Å². The molecular weight excluding hydrogens is 446 g/mol. The summed E-state index contributed by atoms with van der Waals surface area (Å²) in [7, 11) is 1.62. The van der Waals surface area contributed by atoms with Crippen molar-refractivity contribution in [3.05, 3.63) is 66.7 Å². The maximum Gasteiger partial charge on any atom is 0.293 e. The number of phenols is 1. The monoisotopic (exact) mass is 478 g/mol. The van der Waals surface area contributed by atoms with Gasteiger partial charge in [0.05, 0.1) is 14.7 Å². The van der Waals surface area contributed by atoms with Gasteiger partial charge in [0.25, 0.3) is 1.43 Å². The normalized spacial score (nSPS) is 15.4. The Hall–Kier alpha value is -3.22. The van der Waals surface area contributed by atoms with Crippen molar-refractivity contribution in [2.75, 3.05) is 33.4 Å². The maximum absolute atomic E-state index is 8.51. The smallest absolute Gasteiger partial charge is 0.293 e. The zero-order valence-corrected chi connectivity index (χ0v) is 20.0. The molecule has 34 heavy (non-hydrogen) atoms. The van der Waals surface area contributed by atoms with Crippen LogP contribution in [0.15, 0.2) is 66.7 Å². The van der Waals surface area contributed by atoms with Crippen molar-refractivity contribution in [1.82, 2.24) is 4.90 Å². The predicted octanol–water partition coefficient (Wildman–Crippen LogP) is 6.94. The Morgan fingerprint density at radius 3 is 2.44 bits per heavy atom. The molecule has 1 fully saturated rings. The van der Waals surface area contributed by atoms with Gasteiger partial charge in [-0.1, -0.05) is 6.42 Å². The van der Waals surface area contributed by atoms with E-state index < -0.39 is 0 Å². The van der Waals surface area contributed by atoms with Gasteiger partial charge in [0.15, 0.2) is 5.75 Å². The molecule has 0 atom stereocenters. The fraction of sp³-hybridized carbons (Fsp3) is 0.286. The molecule has 1 aliphatic heterocycles. The van der Waals surface area contributed by atoms with Gasteiger partial charge in [-0.3, -0.25) is 4.90 Å². The van der Waals surface area contributed by atoms with Gasteiger partial charge in [-0.15, -0.1) is 11.3 Å². The molecule has 5 nitrogen and oxygen atoms in total. The van der Waals surface area contributed by atoms with E-state index in [1.54, 1.807) is 13.2 Å². The van der Waals surface area contributed by atoms with Crippen molar-refractivity contribution < 1.29 is 22.1 Å². The van der Waals surface area contributed by atoms with Crippen LogP contribution in [-0.4, -0.2) is 44.8 Å². The minimum atomic E-state index is -0.0763. The van der Waals surface area contributed by atoms with E-state index in [4.69, 9.17) is 18.4 Å². The molecule has 0 amide bonds. The number of hydrogen-bond acceptors (Lipinski definition) is 6. The van der Waals surface area contributed by atoms with Crippen LogP contribution in [0.5, 0.6) is 28.7 Å². The number of methoxy groups -OCH3 is 1. The van der Waals surface area contributed by atoms with Gasteiger partial charge in [0, 0.05) is 16.6 Å². The van der Waals surface area contributed by atoms with Gasteiger partial charge in [0.1, 0.15) is 29.6 Å². The molecular formula is C28H29NO4S. The third-order valence-electron chi connectivity index (χ3n) is 6.00. The Kier molecular flexibility index (Phi) is 5.83. The van der Waals surface area contributed by atoms with Crippen molar-refractivity contribution in [3.8, 4) is 39.2 Å². The molecule has 0 aliphatic carbocycles. The SMILES string of the molecule is [2H]Oc1c([2H])cc2c(Oc3ccc(OCCN4CCCCC4)cc3)c(-c3ccc(OC)cc3)sc2c1[2H]. The fourth-order valence-electron chi connectivity index (χ4n) is 4.16. The van der Waals surface area contributed by atoms with E-state index >= 15 is 0 Å². The van der Waals surface area contributed by atoms with Crippen molar-refractivity contribution in [2.24, 2.45) is 0 Å². The molecule has 5 rings (SSSR count). The standard InChI is InChI=1S/C28H29NO4S/c1-31-22-8-5-20(6-9-22)28-27(25-14-7-21(30)19-26(25)34-28)33-24-12-10-23(11-13-24)32-18-17-29-15-3-2-4-16-29/h5-14,19,30H,2-4,15-18H2,1H3/i7D,19D/hD. The number of aromatic hydroxyl groups is 1. The third-order valence-corrected chi connectivity index (χ3v) is 7.15. The van der Waals surface area contributed by atoms with E-state index in [0.717, 1.165) is 41.6 Å². The number of ether oxygens (including phenoxy) is 3. The Labute approximate surface area is 208 Å². The summed E-state index contributed by atoms with van der Waals surface area (Å²) in [5.74, 6) is 2.63. The van der Waals surface area contributed by atoms with Gasteiger partial charge in [-0.25, -0.2) is 0 Å². The summed E-state index contributed by atoms with van der Waals surface area (Å²) in [5.41, 5.74) is 0.897. The van der Waals surface area contributed by atoms with Crippen molar-refractivity contribution in [2.45, 2.75) is 19.3 Å². The second-order valence-corrected chi connectivity index (χ2v) is 9.32. The Morgan fingerprint density at radius 2 is 1.71 bits per heavy atom. The summed E-state index contributed by atoms with van der Waals surface area (Å²) in [5, 5.41) is 5.21.